The van der Waals surface area contributed by atoms with Gasteiger partial charge in [0.05, 0.1) is 0 Å². The highest BCUT2D eigenvalue weighted by Crippen LogP contribution is 2.26. The minimum absolute atomic E-state index is 0. The van der Waals surface area contributed by atoms with Gasteiger partial charge in [-0.05, 0) is 24.7 Å². The van der Waals surface area contributed by atoms with Crippen molar-refractivity contribution < 1.29 is 9.32 Å². The van der Waals surface area contributed by atoms with Crippen molar-refractivity contribution in [1.29, 1.82) is 0 Å². The number of nitrogens with one attached hydrogen (secondary N) is 1. The number of fused-ring (bicyclic) bond motifs is 1. The maximum atomic E-state index is 12.2. The van der Waals surface area contributed by atoms with Crippen LogP contribution in [0.2, 0.25) is 0 Å². The third-order valence-electron chi connectivity index (χ3n) is 4.51. The first-order chi connectivity index (χ1) is 10.3. The number of aromatic nitrogens is 2. The molecule has 3 heterocycles. The van der Waals surface area contributed by atoms with Crippen LogP contribution in [-0.2, 0) is 17.6 Å². The molecule has 1 aromatic heterocycles. The average molecular weight is 329 g/mol. The Labute approximate surface area is 137 Å². The van der Waals surface area contributed by atoms with Crippen molar-refractivity contribution >= 4 is 18.3 Å². The summed E-state index contributed by atoms with van der Waals surface area (Å²) in [7, 11) is 0. The second kappa shape index (κ2) is 7.92. The van der Waals surface area contributed by atoms with Crippen LogP contribution in [0.15, 0.2) is 4.52 Å². The summed E-state index contributed by atoms with van der Waals surface area (Å²) in [6.07, 6.45) is 3.94. The zero-order chi connectivity index (χ0) is 14.7. The lowest BCUT2D eigenvalue weighted by atomic mass is 10.0. The molecule has 0 spiro atoms. The predicted octanol–water partition coefficient (Wildman–Crippen LogP) is 1.44. The van der Waals surface area contributed by atoms with E-state index in [0.29, 0.717) is 30.6 Å². The molecule has 1 N–H and O–H groups in total. The van der Waals surface area contributed by atoms with E-state index in [2.05, 4.69) is 22.4 Å². The number of rotatable bonds is 6. The largest absolute Gasteiger partial charge is 0.342 e. The van der Waals surface area contributed by atoms with Crippen LogP contribution in [0.5, 0.6) is 0 Å². The van der Waals surface area contributed by atoms with Crippen LogP contribution >= 0.6 is 12.4 Å². The van der Waals surface area contributed by atoms with Crippen LogP contribution < -0.4 is 5.32 Å². The third-order valence-corrected chi connectivity index (χ3v) is 4.51. The van der Waals surface area contributed by atoms with E-state index in [-0.39, 0.29) is 18.3 Å². The second-order valence-electron chi connectivity index (χ2n) is 6.19. The Hall–Kier alpha value is -1.14. The van der Waals surface area contributed by atoms with Gasteiger partial charge in [-0.1, -0.05) is 12.1 Å². The Morgan fingerprint density at radius 1 is 1.32 bits per heavy atom. The molecule has 1 aromatic rings. The summed E-state index contributed by atoms with van der Waals surface area (Å²) < 4.78 is 5.19. The number of hydrogen-bond donors (Lipinski definition) is 1. The van der Waals surface area contributed by atoms with E-state index in [9.17, 15) is 4.79 Å². The molecule has 1 amide bonds. The Bertz CT molecular complexity index is 482. The van der Waals surface area contributed by atoms with E-state index in [1.54, 1.807) is 0 Å². The molecular formula is C15H25ClN4O2. The van der Waals surface area contributed by atoms with Crippen LogP contribution in [0, 0.1) is 11.8 Å². The van der Waals surface area contributed by atoms with E-state index in [1.807, 2.05) is 4.90 Å². The quantitative estimate of drug-likeness (QED) is 0.855. The first kappa shape index (κ1) is 17.2. The van der Waals surface area contributed by atoms with E-state index in [4.69, 9.17) is 4.52 Å². The first-order valence-corrected chi connectivity index (χ1v) is 8.06. The molecule has 0 aromatic carbocycles. The van der Waals surface area contributed by atoms with Gasteiger partial charge in [-0.2, -0.15) is 4.98 Å². The molecule has 22 heavy (non-hydrogen) atoms. The highest BCUT2D eigenvalue weighted by atomic mass is 35.5. The number of likely N-dealkylation sites (tertiary alicyclic amines) is 1. The number of amides is 1. The smallest absolute Gasteiger partial charge is 0.226 e. The lowest BCUT2D eigenvalue weighted by molar-refractivity contribution is -0.130. The molecule has 2 aliphatic heterocycles. The van der Waals surface area contributed by atoms with Crippen LogP contribution in [0.3, 0.4) is 0 Å². The number of carbonyl (C=O) groups is 1. The van der Waals surface area contributed by atoms with Crippen LogP contribution in [0.25, 0.3) is 0 Å². The van der Waals surface area contributed by atoms with Gasteiger partial charge in [0.15, 0.2) is 5.82 Å². The SMILES string of the molecule is CCCc1noc(CCCC(=O)N2C[C@H]3CNC[C@H]3C2)n1.Cl. The highest BCUT2D eigenvalue weighted by molar-refractivity contribution is 5.85. The molecule has 7 heteroatoms. The molecule has 2 atom stereocenters. The number of aryl methyl sites for hydroxylation is 2. The summed E-state index contributed by atoms with van der Waals surface area (Å²) in [4.78, 5) is 18.6. The molecule has 0 saturated carbocycles. The van der Waals surface area contributed by atoms with E-state index < -0.39 is 0 Å². The number of nitrogens with zero attached hydrogens (tertiary/aromatic N) is 3. The summed E-state index contributed by atoms with van der Waals surface area (Å²) in [5.74, 6) is 3.05. The maximum absolute atomic E-state index is 12.2. The monoisotopic (exact) mass is 328 g/mol. The topological polar surface area (TPSA) is 71.3 Å². The Morgan fingerprint density at radius 2 is 2.05 bits per heavy atom. The van der Waals surface area contributed by atoms with Crippen molar-refractivity contribution in [2.45, 2.75) is 39.0 Å². The highest BCUT2D eigenvalue weighted by Gasteiger charge is 2.37. The van der Waals surface area contributed by atoms with Gasteiger partial charge in [0.25, 0.3) is 0 Å². The van der Waals surface area contributed by atoms with E-state index in [1.165, 1.54) is 0 Å². The van der Waals surface area contributed by atoms with Crippen molar-refractivity contribution in [3.8, 4) is 0 Å². The first-order valence-electron chi connectivity index (χ1n) is 8.06. The van der Waals surface area contributed by atoms with Gasteiger partial charge in [-0.25, -0.2) is 0 Å². The predicted molar refractivity (Wildman–Crippen MR) is 84.9 cm³/mol. The fraction of sp³-hybridized carbons (Fsp3) is 0.800. The summed E-state index contributed by atoms with van der Waals surface area (Å²) >= 11 is 0. The van der Waals surface area contributed by atoms with E-state index in [0.717, 1.165) is 51.3 Å². The van der Waals surface area contributed by atoms with Gasteiger partial charge in [-0.3, -0.25) is 4.79 Å². The summed E-state index contributed by atoms with van der Waals surface area (Å²) in [5.41, 5.74) is 0. The van der Waals surface area contributed by atoms with Gasteiger partial charge in [-0.15, -0.1) is 12.4 Å². The fourth-order valence-corrected chi connectivity index (χ4v) is 3.32. The molecule has 3 rings (SSSR count). The van der Waals surface area contributed by atoms with Crippen molar-refractivity contribution in [3.05, 3.63) is 11.7 Å². The molecule has 2 saturated heterocycles. The third kappa shape index (κ3) is 3.98. The van der Waals surface area contributed by atoms with Crippen molar-refractivity contribution in [2.75, 3.05) is 26.2 Å². The second-order valence-corrected chi connectivity index (χ2v) is 6.19. The zero-order valence-corrected chi connectivity index (χ0v) is 13.9. The molecule has 0 radical (unpaired) electrons. The zero-order valence-electron chi connectivity index (χ0n) is 13.1. The van der Waals surface area contributed by atoms with Crippen LogP contribution in [0.1, 0.15) is 37.9 Å². The summed E-state index contributed by atoms with van der Waals surface area (Å²) in [6, 6.07) is 0. The number of carbonyl (C=O) groups excluding carboxylic acids is 1. The molecule has 0 unspecified atom stereocenters. The summed E-state index contributed by atoms with van der Waals surface area (Å²) in [5, 5.41) is 7.33. The number of halogens is 1. The standard InChI is InChI=1S/C15H24N4O2.ClH/c1-2-4-13-17-14(21-18-13)5-3-6-15(20)19-9-11-7-16-8-12(11)10-19;/h11-12,16H,2-10H2,1H3;1H/t11-,12+;. The van der Waals surface area contributed by atoms with Crippen molar-refractivity contribution in [3.63, 3.8) is 0 Å². The van der Waals surface area contributed by atoms with Gasteiger partial charge >= 0.3 is 0 Å². The average Bonchev–Trinajstić information content (AvgIpc) is 3.13. The Balaban J connectivity index is 0.00000176. The minimum Gasteiger partial charge on any atom is -0.342 e. The number of hydrogen-bond acceptors (Lipinski definition) is 5. The Morgan fingerprint density at radius 3 is 2.73 bits per heavy atom. The Kier molecular flexibility index (Phi) is 6.20. The normalized spacial score (nSPS) is 23.4. The molecule has 0 aliphatic carbocycles. The van der Waals surface area contributed by atoms with Crippen LogP contribution in [0.4, 0.5) is 0 Å². The van der Waals surface area contributed by atoms with Gasteiger partial charge in [0.1, 0.15) is 0 Å². The minimum atomic E-state index is 0. The molecular weight excluding hydrogens is 304 g/mol. The maximum Gasteiger partial charge on any atom is 0.226 e. The van der Waals surface area contributed by atoms with Crippen molar-refractivity contribution in [2.24, 2.45) is 11.8 Å². The van der Waals surface area contributed by atoms with E-state index >= 15 is 0 Å². The lowest BCUT2D eigenvalue weighted by Crippen LogP contribution is -2.31. The molecule has 0 bridgehead atoms. The van der Waals surface area contributed by atoms with Crippen LogP contribution in [-0.4, -0.2) is 47.1 Å². The van der Waals surface area contributed by atoms with Gasteiger partial charge in [0.2, 0.25) is 11.8 Å². The van der Waals surface area contributed by atoms with Crippen molar-refractivity contribution in [1.82, 2.24) is 20.4 Å². The molecule has 6 nitrogen and oxygen atoms in total. The summed E-state index contributed by atoms with van der Waals surface area (Å²) in [6.45, 7) is 6.08. The van der Waals surface area contributed by atoms with Gasteiger partial charge in [0, 0.05) is 45.4 Å². The fourth-order valence-electron chi connectivity index (χ4n) is 3.32. The lowest BCUT2D eigenvalue weighted by Gasteiger charge is -2.17. The molecule has 124 valence electrons. The van der Waals surface area contributed by atoms with Gasteiger partial charge < -0.3 is 14.7 Å². The molecule has 2 fully saturated rings. The molecule has 2 aliphatic rings.